The molecular weight excluding hydrogens is 455 g/mol. The number of benzene rings is 3. The molecule has 0 atom stereocenters. The third kappa shape index (κ3) is 4.85. The monoisotopic (exact) mass is 486 g/mol. The molecule has 0 spiro atoms. The van der Waals surface area contributed by atoms with Crippen LogP contribution in [0.15, 0.2) is 91.0 Å². The molecule has 2 nitrogen and oxygen atoms in total. The van der Waals surface area contributed by atoms with Crippen molar-refractivity contribution in [3.8, 4) is 0 Å². The van der Waals surface area contributed by atoms with Crippen LogP contribution >= 0.6 is 20.8 Å². The van der Waals surface area contributed by atoms with Gasteiger partial charge in [0.1, 0.15) is 0 Å². The van der Waals surface area contributed by atoms with Gasteiger partial charge in [-0.1, -0.05) is 7.43 Å². The van der Waals surface area contributed by atoms with Crippen molar-refractivity contribution in [1.29, 1.82) is 0 Å². The molecule has 3 rings (SSSR count). The zero-order chi connectivity index (χ0) is 20.6. The van der Waals surface area contributed by atoms with E-state index in [4.69, 9.17) is 4.74 Å². The molecule has 0 saturated carbocycles. The van der Waals surface area contributed by atoms with Crippen LogP contribution in [0.3, 0.4) is 0 Å². The molecule has 4 heteroatoms. The number of hydrogen-bond acceptors (Lipinski definition) is 2. The van der Waals surface area contributed by atoms with Crippen LogP contribution in [0.25, 0.3) is 0 Å². The number of carbonyl (C=O) groups is 1. The minimum absolute atomic E-state index is 0. The van der Waals surface area contributed by atoms with Gasteiger partial charge in [-0.2, -0.15) is 0 Å². The molecule has 0 fully saturated rings. The van der Waals surface area contributed by atoms with E-state index in [1.807, 2.05) is 6.92 Å². The van der Waals surface area contributed by atoms with E-state index in [1.54, 1.807) is 0 Å². The first-order valence-corrected chi connectivity index (χ1v) is 14.6. The van der Waals surface area contributed by atoms with Crippen molar-refractivity contribution in [3.63, 3.8) is 0 Å². The molecule has 0 bridgehead atoms. The van der Waals surface area contributed by atoms with Crippen LogP contribution in [0.5, 0.6) is 0 Å². The molecule has 0 heterocycles. The second-order valence-corrected chi connectivity index (χ2v) is 16.2. The zero-order valence-electron chi connectivity index (χ0n) is 16.8. The number of unbranched alkanes of at least 4 members (excludes halogenated alkanes) is 1. The quantitative estimate of drug-likeness (QED) is 0.204. The zero-order valence-corrected chi connectivity index (χ0v) is 19.3. The van der Waals surface area contributed by atoms with Gasteiger partial charge >= 0.3 is 182 Å². The fourth-order valence-electron chi connectivity index (χ4n) is 3.96. The maximum atomic E-state index is 11.8. The van der Waals surface area contributed by atoms with Gasteiger partial charge in [-0.15, -0.1) is 0 Å². The van der Waals surface area contributed by atoms with Crippen molar-refractivity contribution in [2.75, 3.05) is 12.8 Å². The molecule has 0 N–H and O–H groups in total. The summed E-state index contributed by atoms with van der Waals surface area (Å²) in [6.07, 6.45) is 3.16. The Morgan fingerprint density at radius 1 is 0.767 bits per heavy atom. The average molecular weight is 487 g/mol. The van der Waals surface area contributed by atoms with E-state index in [0.717, 1.165) is 19.0 Å². The molecule has 0 aliphatic heterocycles. The van der Waals surface area contributed by atoms with Crippen molar-refractivity contribution >= 4 is 42.7 Å². The predicted molar refractivity (Wildman–Crippen MR) is 136 cm³/mol. The molecule has 160 valence electrons. The van der Waals surface area contributed by atoms with Crippen LogP contribution in [0.2, 0.25) is 0 Å². The molecule has 0 unspecified atom stereocenters. The van der Waals surface area contributed by atoms with E-state index in [-0.39, 0.29) is 13.4 Å². The summed E-state index contributed by atoms with van der Waals surface area (Å²) in [5, 5.41) is 1.07. The Labute approximate surface area is 189 Å². The molecule has 0 aromatic heterocycles. The Hall–Kier alpha value is -1.96. The van der Waals surface area contributed by atoms with Crippen molar-refractivity contribution in [2.45, 2.75) is 33.6 Å². The third-order valence-corrected chi connectivity index (χ3v) is 15.4. The summed E-state index contributed by atoms with van der Waals surface area (Å²) in [6, 6.07) is 32.3. The van der Waals surface area contributed by atoms with Gasteiger partial charge in [0, 0.05) is 0 Å². The normalized spacial score (nSPS) is 12.3. The standard InChI is InChI=1S/C25H28BrO2P.CH4/c1-2-28-25(27)20-12-13-21-29(26,22-14-6-3-7-15-22,23-16-8-4-9-17-23)24-18-10-5-11-19-24;/h3-11,14-19H,2,12-13,20-21H2,1H3;1H4. The summed E-state index contributed by atoms with van der Waals surface area (Å²) in [5.74, 6) is -0.110. The maximum absolute atomic E-state index is 11.8. The van der Waals surface area contributed by atoms with Gasteiger partial charge in [-0.25, -0.2) is 0 Å². The van der Waals surface area contributed by atoms with Gasteiger partial charge < -0.3 is 0 Å². The van der Waals surface area contributed by atoms with Gasteiger partial charge in [0.15, 0.2) is 0 Å². The van der Waals surface area contributed by atoms with Crippen molar-refractivity contribution in [3.05, 3.63) is 91.0 Å². The van der Waals surface area contributed by atoms with Crippen LogP contribution in [0.1, 0.15) is 33.6 Å². The van der Waals surface area contributed by atoms with Gasteiger partial charge in [0.2, 0.25) is 0 Å². The second-order valence-electron chi connectivity index (χ2n) is 7.18. The first-order valence-electron chi connectivity index (χ1n) is 10.1. The summed E-state index contributed by atoms with van der Waals surface area (Å²) in [7, 11) is 0. The topological polar surface area (TPSA) is 26.3 Å². The molecule has 0 radical (unpaired) electrons. The first-order chi connectivity index (χ1) is 14.1. The second kappa shape index (κ2) is 10.9. The third-order valence-electron chi connectivity index (χ3n) is 5.40. The van der Waals surface area contributed by atoms with E-state index in [2.05, 4.69) is 106 Å². The summed E-state index contributed by atoms with van der Waals surface area (Å²) in [5.41, 5.74) is 0. The first kappa shape index (κ1) is 24.3. The molecular formula is C26H32BrO2P. The Kier molecular flexibility index (Phi) is 8.82. The summed E-state index contributed by atoms with van der Waals surface area (Å²) >= 11 is 4.43. The van der Waals surface area contributed by atoms with Crippen LogP contribution in [0.4, 0.5) is 0 Å². The number of rotatable bonds is 9. The summed E-state index contributed by atoms with van der Waals surface area (Å²) in [4.78, 5) is 11.8. The predicted octanol–water partition coefficient (Wildman–Crippen LogP) is 6.20. The van der Waals surface area contributed by atoms with Crippen LogP contribution in [-0.2, 0) is 9.53 Å². The fraction of sp³-hybridized carbons (Fsp3) is 0.269. The van der Waals surface area contributed by atoms with E-state index < -0.39 is 5.31 Å². The Bertz CT molecular complexity index is 814. The van der Waals surface area contributed by atoms with Gasteiger partial charge in [-0.05, 0) is 0 Å². The number of halogens is 1. The number of esters is 1. The number of carbonyl (C=O) groups excluding carboxylic acids is 1. The van der Waals surface area contributed by atoms with Crippen molar-refractivity contribution < 1.29 is 9.53 Å². The van der Waals surface area contributed by atoms with Gasteiger partial charge in [-0.3, -0.25) is 0 Å². The van der Waals surface area contributed by atoms with Crippen molar-refractivity contribution in [2.24, 2.45) is 0 Å². The Morgan fingerprint density at radius 2 is 1.17 bits per heavy atom. The van der Waals surface area contributed by atoms with Crippen LogP contribution in [0, 0.1) is 0 Å². The van der Waals surface area contributed by atoms with E-state index in [1.165, 1.54) is 15.9 Å². The molecule has 30 heavy (non-hydrogen) atoms. The molecule has 3 aromatic rings. The molecule has 0 saturated heterocycles. The Morgan fingerprint density at radius 3 is 1.53 bits per heavy atom. The molecule has 0 amide bonds. The fourth-order valence-corrected chi connectivity index (χ4v) is 11.7. The SMILES string of the molecule is C.CCOC(=O)CCCCP(Br)(c1ccccc1)(c1ccccc1)c1ccccc1. The van der Waals surface area contributed by atoms with Crippen LogP contribution < -0.4 is 15.9 Å². The molecule has 3 aromatic carbocycles. The summed E-state index contributed by atoms with van der Waals surface area (Å²) < 4.78 is 5.11. The van der Waals surface area contributed by atoms with Crippen LogP contribution in [-0.4, -0.2) is 18.7 Å². The summed E-state index contributed by atoms with van der Waals surface area (Å²) in [6.45, 7) is 2.29. The Balaban J connectivity index is 0.00000320. The molecule has 0 aliphatic rings. The minimum atomic E-state index is -2.87. The van der Waals surface area contributed by atoms with Gasteiger partial charge in [0.25, 0.3) is 0 Å². The molecule has 0 aliphatic carbocycles. The van der Waals surface area contributed by atoms with E-state index >= 15 is 0 Å². The van der Waals surface area contributed by atoms with Gasteiger partial charge in [0.05, 0.1) is 0 Å². The van der Waals surface area contributed by atoms with E-state index in [0.29, 0.717) is 13.0 Å². The van der Waals surface area contributed by atoms with E-state index in [9.17, 15) is 4.79 Å². The number of ether oxygens (including phenoxy) is 1. The average Bonchev–Trinajstić information content (AvgIpc) is 2.79. The van der Waals surface area contributed by atoms with Crippen molar-refractivity contribution in [1.82, 2.24) is 0 Å². The number of hydrogen-bond donors (Lipinski definition) is 0.